The zero-order valence-corrected chi connectivity index (χ0v) is 14.5. The first kappa shape index (κ1) is 16.4. The van der Waals surface area contributed by atoms with E-state index >= 15 is 0 Å². The van der Waals surface area contributed by atoms with Crippen LogP contribution in [0.2, 0.25) is 0 Å². The summed E-state index contributed by atoms with van der Waals surface area (Å²) < 4.78 is 15.2. The molecule has 0 aromatic carbocycles. The Morgan fingerprint density at radius 3 is 2.92 bits per heavy atom. The number of hydrogen-bond donors (Lipinski definition) is 2. The predicted octanol–water partition coefficient (Wildman–Crippen LogP) is 3.03. The van der Waals surface area contributed by atoms with Crippen molar-refractivity contribution in [3.63, 3.8) is 0 Å². The summed E-state index contributed by atoms with van der Waals surface area (Å²) in [6.07, 6.45) is 4.02. The van der Waals surface area contributed by atoms with Crippen LogP contribution in [-0.4, -0.2) is 31.6 Å². The zero-order chi connectivity index (χ0) is 18.3. The Labute approximate surface area is 149 Å². The van der Waals surface area contributed by atoms with Crippen molar-refractivity contribution in [3.8, 4) is 0 Å². The van der Waals surface area contributed by atoms with Crippen LogP contribution in [-0.2, 0) is 6.42 Å². The SMILES string of the molecule is C[C@H]1CCc2ncc(F)cc2[C@@H](C)Nc2ccc3ncn(c3n2)C(=O)N1. The van der Waals surface area contributed by atoms with E-state index in [1.807, 2.05) is 13.8 Å². The average Bonchev–Trinajstić information content (AvgIpc) is 3.03. The normalized spacial score (nSPS) is 20.5. The molecule has 2 bridgehead atoms. The number of amides is 1. The molecule has 2 atom stereocenters. The van der Waals surface area contributed by atoms with E-state index in [1.54, 1.807) is 12.1 Å². The lowest BCUT2D eigenvalue weighted by molar-refractivity contribution is 0.239. The molecule has 0 unspecified atom stereocenters. The third-order valence-electron chi connectivity index (χ3n) is 4.60. The van der Waals surface area contributed by atoms with Gasteiger partial charge in [0.2, 0.25) is 0 Å². The smallest absolute Gasteiger partial charge is 0.328 e. The van der Waals surface area contributed by atoms with Crippen LogP contribution in [0.5, 0.6) is 0 Å². The molecule has 3 aromatic heterocycles. The highest BCUT2D eigenvalue weighted by atomic mass is 19.1. The molecule has 1 aliphatic rings. The van der Waals surface area contributed by atoms with Crippen LogP contribution >= 0.6 is 0 Å². The Kier molecular flexibility index (Phi) is 4.02. The summed E-state index contributed by atoms with van der Waals surface area (Å²) >= 11 is 0. The number of nitrogens with one attached hydrogen (secondary N) is 2. The number of rotatable bonds is 0. The van der Waals surface area contributed by atoms with Gasteiger partial charge in [0.1, 0.15) is 23.5 Å². The standard InChI is InChI=1S/C18H19FN6O/c1-10-3-4-14-13(7-12(19)8-20-14)11(2)23-16-6-5-15-17(24-16)25(9-21-15)18(26)22-10/h5-11H,3-4H2,1-2H3,(H,22,26)(H,23,24)/t10-,11+/m0/s1. The summed E-state index contributed by atoms with van der Waals surface area (Å²) in [4.78, 5) is 25.6. The zero-order valence-electron chi connectivity index (χ0n) is 14.5. The lowest BCUT2D eigenvalue weighted by Crippen LogP contribution is -2.36. The van der Waals surface area contributed by atoms with Gasteiger partial charge in [0.05, 0.1) is 12.2 Å². The Hall–Kier alpha value is -3.03. The van der Waals surface area contributed by atoms with Crippen LogP contribution in [0.25, 0.3) is 11.2 Å². The summed E-state index contributed by atoms with van der Waals surface area (Å²) in [5.41, 5.74) is 2.71. The summed E-state index contributed by atoms with van der Waals surface area (Å²) in [7, 11) is 0. The maximum absolute atomic E-state index is 13.8. The highest BCUT2D eigenvalue weighted by Crippen LogP contribution is 2.24. The lowest BCUT2D eigenvalue weighted by atomic mass is 10.0. The highest BCUT2D eigenvalue weighted by Gasteiger charge is 2.19. The Morgan fingerprint density at radius 1 is 1.23 bits per heavy atom. The van der Waals surface area contributed by atoms with E-state index in [-0.39, 0.29) is 23.9 Å². The van der Waals surface area contributed by atoms with Crippen molar-refractivity contribution in [2.24, 2.45) is 0 Å². The molecule has 134 valence electrons. The predicted molar refractivity (Wildman–Crippen MR) is 95.5 cm³/mol. The van der Waals surface area contributed by atoms with E-state index in [2.05, 4.69) is 25.6 Å². The second kappa shape index (κ2) is 6.36. The molecule has 0 saturated heterocycles. The van der Waals surface area contributed by atoms with Gasteiger partial charge in [-0.2, -0.15) is 0 Å². The van der Waals surface area contributed by atoms with Gasteiger partial charge in [-0.05, 0) is 50.5 Å². The number of aromatic nitrogens is 4. The summed E-state index contributed by atoms with van der Waals surface area (Å²) in [6, 6.07) is 4.56. The van der Waals surface area contributed by atoms with Gasteiger partial charge in [-0.25, -0.2) is 23.7 Å². The molecule has 2 N–H and O–H groups in total. The summed E-state index contributed by atoms with van der Waals surface area (Å²) in [5.74, 6) is 0.214. The van der Waals surface area contributed by atoms with Crippen LogP contribution in [0.15, 0.2) is 30.7 Å². The molecule has 4 heterocycles. The molecule has 1 amide bonds. The first-order valence-electron chi connectivity index (χ1n) is 8.57. The molecule has 7 nitrogen and oxygen atoms in total. The van der Waals surface area contributed by atoms with Crippen molar-refractivity contribution >= 4 is 23.0 Å². The molecule has 0 saturated carbocycles. The first-order chi connectivity index (χ1) is 12.5. The van der Waals surface area contributed by atoms with Crippen LogP contribution in [0, 0.1) is 5.82 Å². The molecule has 8 heteroatoms. The summed E-state index contributed by atoms with van der Waals surface area (Å²) in [5, 5.41) is 6.22. The number of nitrogens with zero attached hydrogens (tertiary/aromatic N) is 4. The third kappa shape index (κ3) is 2.98. The van der Waals surface area contributed by atoms with Crippen LogP contribution in [0.3, 0.4) is 0 Å². The molecular formula is C18H19FN6O. The number of anilines is 1. The van der Waals surface area contributed by atoms with Crippen LogP contribution in [0.4, 0.5) is 15.0 Å². The minimum absolute atomic E-state index is 0.0770. The van der Waals surface area contributed by atoms with E-state index in [0.717, 1.165) is 11.3 Å². The van der Waals surface area contributed by atoms with Crippen LogP contribution in [0.1, 0.15) is 37.6 Å². The Balaban J connectivity index is 1.82. The molecule has 0 aliphatic carbocycles. The molecule has 0 spiro atoms. The van der Waals surface area contributed by atoms with Gasteiger partial charge >= 0.3 is 6.03 Å². The van der Waals surface area contributed by atoms with Crippen molar-refractivity contribution in [1.29, 1.82) is 0 Å². The largest absolute Gasteiger partial charge is 0.363 e. The van der Waals surface area contributed by atoms with Crippen molar-refractivity contribution in [2.75, 3.05) is 5.32 Å². The van der Waals surface area contributed by atoms with Gasteiger partial charge in [-0.1, -0.05) is 0 Å². The fourth-order valence-electron chi connectivity index (χ4n) is 3.20. The molecule has 26 heavy (non-hydrogen) atoms. The molecular weight excluding hydrogens is 335 g/mol. The third-order valence-corrected chi connectivity index (χ3v) is 4.60. The summed E-state index contributed by atoms with van der Waals surface area (Å²) in [6.45, 7) is 3.87. The van der Waals surface area contributed by atoms with Crippen molar-refractivity contribution < 1.29 is 9.18 Å². The number of imidazole rings is 1. The van der Waals surface area contributed by atoms with Gasteiger partial charge in [-0.3, -0.25) is 4.98 Å². The maximum atomic E-state index is 13.8. The molecule has 0 fully saturated rings. The van der Waals surface area contributed by atoms with Gasteiger partial charge < -0.3 is 10.6 Å². The fourth-order valence-corrected chi connectivity index (χ4v) is 3.20. The van der Waals surface area contributed by atoms with Crippen molar-refractivity contribution in [1.82, 2.24) is 24.8 Å². The first-order valence-corrected chi connectivity index (χ1v) is 8.57. The fraction of sp³-hybridized carbons (Fsp3) is 0.333. The van der Waals surface area contributed by atoms with E-state index in [4.69, 9.17) is 0 Å². The van der Waals surface area contributed by atoms with E-state index in [9.17, 15) is 9.18 Å². The lowest BCUT2D eigenvalue weighted by Gasteiger charge is -2.19. The molecule has 1 aliphatic heterocycles. The van der Waals surface area contributed by atoms with E-state index in [0.29, 0.717) is 29.8 Å². The molecule has 4 rings (SSSR count). The second-order valence-electron chi connectivity index (χ2n) is 6.60. The number of carbonyl (C=O) groups excluding carboxylic acids is 1. The van der Waals surface area contributed by atoms with Gasteiger partial charge in [0, 0.05) is 11.7 Å². The number of halogens is 1. The number of aryl methyl sites for hydroxylation is 1. The molecule has 3 aromatic rings. The minimum Gasteiger partial charge on any atom is -0.363 e. The quantitative estimate of drug-likeness (QED) is 0.648. The van der Waals surface area contributed by atoms with Crippen molar-refractivity contribution in [3.05, 3.63) is 47.8 Å². The second-order valence-corrected chi connectivity index (χ2v) is 6.60. The van der Waals surface area contributed by atoms with Crippen LogP contribution < -0.4 is 10.6 Å². The van der Waals surface area contributed by atoms with Gasteiger partial charge in [0.25, 0.3) is 0 Å². The maximum Gasteiger partial charge on any atom is 0.328 e. The topological polar surface area (TPSA) is 84.7 Å². The number of fused-ring (bicyclic) bond motifs is 2. The number of pyridine rings is 2. The van der Waals surface area contributed by atoms with E-state index in [1.165, 1.54) is 23.2 Å². The Bertz CT molecular complexity index is 985. The van der Waals surface area contributed by atoms with E-state index < -0.39 is 0 Å². The number of hydrogen-bond acceptors (Lipinski definition) is 5. The van der Waals surface area contributed by atoms with Gasteiger partial charge in [-0.15, -0.1) is 0 Å². The highest BCUT2D eigenvalue weighted by molar-refractivity contribution is 5.87. The average molecular weight is 354 g/mol. The monoisotopic (exact) mass is 354 g/mol. The minimum atomic E-state index is -0.371. The molecule has 0 radical (unpaired) electrons. The number of carbonyl (C=O) groups is 1. The van der Waals surface area contributed by atoms with Crippen molar-refractivity contribution in [2.45, 2.75) is 38.8 Å². The Morgan fingerprint density at radius 2 is 2.08 bits per heavy atom. The van der Waals surface area contributed by atoms with Gasteiger partial charge in [0.15, 0.2) is 5.65 Å².